The third-order valence-electron chi connectivity index (χ3n) is 3.89. The summed E-state index contributed by atoms with van der Waals surface area (Å²) in [6.45, 7) is 2.87. The highest BCUT2D eigenvalue weighted by molar-refractivity contribution is 5.15. The fourth-order valence-electron chi connectivity index (χ4n) is 2.64. The Labute approximate surface area is 141 Å². The van der Waals surface area contributed by atoms with Crippen molar-refractivity contribution < 1.29 is 5.11 Å². The molecule has 2 aromatic heterocycles. The Hall–Kier alpha value is -2.51. The lowest BCUT2D eigenvalue weighted by molar-refractivity contribution is 0.181. The Bertz CT molecular complexity index is 751. The maximum Gasteiger partial charge on any atom is 0.0738 e. The van der Waals surface area contributed by atoms with Gasteiger partial charge < -0.3 is 5.11 Å². The van der Waals surface area contributed by atoms with Crippen LogP contribution in [0.3, 0.4) is 0 Å². The van der Waals surface area contributed by atoms with Gasteiger partial charge in [-0.15, -0.1) is 5.10 Å². The van der Waals surface area contributed by atoms with Crippen LogP contribution in [0.1, 0.15) is 16.8 Å². The van der Waals surface area contributed by atoms with Gasteiger partial charge in [0, 0.05) is 38.4 Å². The maximum absolute atomic E-state index is 9.31. The minimum absolute atomic E-state index is 0.115. The van der Waals surface area contributed by atoms with Crippen molar-refractivity contribution in [3.8, 4) is 0 Å². The molecule has 0 aliphatic heterocycles. The molecule has 0 amide bonds. The first-order valence-corrected chi connectivity index (χ1v) is 7.96. The van der Waals surface area contributed by atoms with Crippen LogP contribution in [0.2, 0.25) is 0 Å². The van der Waals surface area contributed by atoms with Gasteiger partial charge in [-0.3, -0.25) is 14.3 Å². The first kappa shape index (κ1) is 16.4. The first-order valence-electron chi connectivity index (χ1n) is 7.96. The van der Waals surface area contributed by atoms with Crippen molar-refractivity contribution in [3.05, 3.63) is 65.7 Å². The van der Waals surface area contributed by atoms with E-state index in [9.17, 15) is 5.11 Å². The van der Waals surface area contributed by atoms with E-state index in [-0.39, 0.29) is 6.61 Å². The highest BCUT2D eigenvalue weighted by Crippen LogP contribution is 2.09. The smallest absolute Gasteiger partial charge is 0.0738 e. The zero-order valence-electron chi connectivity index (χ0n) is 13.8. The molecule has 0 aliphatic rings. The molecule has 3 aromatic rings. The minimum Gasteiger partial charge on any atom is -0.395 e. The SMILES string of the molecule is Cn1nncc1CN(CCO)Cc1cnn(Cc2ccccc2)c1. The predicted octanol–water partition coefficient (Wildman–Crippen LogP) is 1.05. The highest BCUT2D eigenvalue weighted by atomic mass is 16.3. The summed E-state index contributed by atoms with van der Waals surface area (Å²) in [7, 11) is 1.87. The van der Waals surface area contributed by atoms with Crippen LogP contribution in [0.15, 0.2) is 48.9 Å². The molecule has 0 bridgehead atoms. The van der Waals surface area contributed by atoms with Crippen LogP contribution in [0, 0.1) is 0 Å². The lowest BCUT2D eigenvalue weighted by atomic mass is 10.2. The van der Waals surface area contributed by atoms with Gasteiger partial charge in [-0.2, -0.15) is 5.10 Å². The van der Waals surface area contributed by atoms with Crippen molar-refractivity contribution >= 4 is 0 Å². The van der Waals surface area contributed by atoms with Gasteiger partial charge in [0.15, 0.2) is 0 Å². The minimum atomic E-state index is 0.115. The van der Waals surface area contributed by atoms with Crippen molar-refractivity contribution in [2.45, 2.75) is 19.6 Å². The van der Waals surface area contributed by atoms with Crippen molar-refractivity contribution in [3.63, 3.8) is 0 Å². The summed E-state index contributed by atoms with van der Waals surface area (Å²) >= 11 is 0. The number of aromatic nitrogens is 5. The van der Waals surface area contributed by atoms with Crippen molar-refractivity contribution in [2.75, 3.05) is 13.2 Å². The van der Waals surface area contributed by atoms with Crippen LogP contribution >= 0.6 is 0 Å². The molecule has 7 heteroatoms. The molecular formula is C17H22N6O. The molecule has 3 rings (SSSR count). The van der Waals surface area contributed by atoms with E-state index >= 15 is 0 Å². The van der Waals surface area contributed by atoms with E-state index < -0.39 is 0 Å². The number of aliphatic hydroxyl groups is 1. The zero-order valence-corrected chi connectivity index (χ0v) is 13.8. The Balaban J connectivity index is 1.63. The Morgan fingerprint density at radius 2 is 1.92 bits per heavy atom. The number of hydrogen-bond donors (Lipinski definition) is 1. The standard InChI is InChI=1S/C17H22N6O/c1-21-17(10-18-20-21)14-22(7-8-24)11-16-9-19-23(13-16)12-15-5-3-2-4-6-15/h2-6,9-10,13,24H,7-8,11-12,14H2,1H3. The number of hydrogen-bond acceptors (Lipinski definition) is 5. The molecule has 0 saturated heterocycles. The van der Waals surface area contributed by atoms with Gasteiger partial charge >= 0.3 is 0 Å². The Kier molecular flexibility index (Phi) is 5.35. The lowest BCUT2D eigenvalue weighted by Gasteiger charge is -2.20. The van der Waals surface area contributed by atoms with Crippen LogP contribution in [-0.2, 0) is 26.7 Å². The number of benzene rings is 1. The third-order valence-corrected chi connectivity index (χ3v) is 3.89. The van der Waals surface area contributed by atoms with E-state index in [4.69, 9.17) is 0 Å². The average molecular weight is 326 g/mol. The van der Waals surface area contributed by atoms with E-state index in [1.807, 2.05) is 36.1 Å². The summed E-state index contributed by atoms with van der Waals surface area (Å²) in [4.78, 5) is 2.16. The number of nitrogens with zero attached hydrogens (tertiary/aromatic N) is 6. The molecule has 0 unspecified atom stereocenters. The van der Waals surface area contributed by atoms with Gasteiger partial charge in [-0.25, -0.2) is 0 Å². The summed E-state index contributed by atoms with van der Waals surface area (Å²) in [6, 6.07) is 10.3. The second kappa shape index (κ2) is 7.85. The monoisotopic (exact) mass is 326 g/mol. The summed E-state index contributed by atoms with van der Waals surface area (Å²) < 4.78 is 3.69. The Morgan fingerprint density at radius 3 is 2.62 bits per heavy atom. The van der Waals surface area contributed by atoms with Crippen LogP contribution in [0.4, 0.5) is 0 Å². The number of rotatable bonds is 8. The van der Waals surface area contributed by atoms with Gasteiger partial charge in [0.25, 0.3) is 0 Å². The van der Waals surface area contributed by atoms with Crippen molar-refractivity contribution in [1.29, 1.82) is 0 Å². The quantitative estimate of drug-likeness (QED) is 0.670. The van der Waals surface area contributed by atoms with E-state index in [0.29, 0.717) is 13.1 Å². The molecule has 126 valence electrons. The van der Waals surface area contributed by atoms with Gasteiger partial charge in [0.1, 0.15) is 0 Å². The largest absolute Gasteiger partial charge is 0.395 e. The van der Waals surface area contributed by atoms with Crippen LogP contribution in [0.25, 0.3) is 0 Å². The van der Waals surface area contributed by atoms with Gasteiger partial charge in [0.2, 0.25) is 0 Å². The molecule has 0 fully saturated rings. The summed E-state index contributed by atoms with van der Waals surface area (Å²) in [5, 5.41) is 21.6. The summed E-state index contributed by atoms with van der Waals surface area (Å²) in [5.41, 5.74) is 3.36. The van der Waals surface area contributed by atoms with E-state index in [2.05, 4.69) is 38.6 Å². The fourth-order valence-corrected chi connectivity index (χ4v) is 2.64. The molecule has 0 radical (unpaired) electrons. The molecular weight excluding hydrogens is 304 g/mol. The van der Waals surface area contributed by atoms with Crippen LogP contribution in [0.5, 0.6) is 0 Å². The van der Waals surface area contributed by atoms with Crippen molar-refractivity contribution in [2.24, 2.45) is 7.05 Å². The molecule has 1 aromatic carbocycles. The van der Waals surface area contributed by atoms with E-state index in [1.165, 1.54) is 5.56 Å². The number of aryl methyl sites for hydroxylation is 1. The average Bonchev–Trinajstić information content (AvgIpc) is 3.18. The highest BCUT2D eigenvalue weighted by Gasteiger charge is 2.11. The molecule has 24 heavy (non-hydrogen) atoms. The van der Waals surface area contributed by atoms with E-state index in [0.717, 1.165) is 24.3 Å². The molecule has 0 spiro atoms. The fraction of sp³-hybridized carbons (Fsp3) is 0.353. The van der Waals surface area contributed by atoms with Gasteiger partial charge in [-0.1, -0.05) is 35.5 Å². The van der Waals surface area contributed by atoms with Gasteiger partial charge in [-0.05, 0) is 5.56 Å². The first-order chi connectivity index (χ1) is 11.7. The predicted molar refractivity (Wildman–Crippen MR) is 90.0 cm³/mol. The van der Waals surface area contributed by atoms with Crippen molar-refractivity contribution in [1.82, 2.24) is 29.7 Å². The summed E-state index contributed by atoms with van der Waals surface area (Å²) in [5.74, 6) is 0. The molecule has 0 saturated carbocycles. The second-order valence-electron chi connectivity index (χ2n) is 5.81. The molecule has 0 aliphatic carbocycles. The third kappa shape index (κ3) is 4.27. The molecule has 7 nitrogen and oxygen atoms in total. The van der Waals surface area contributed by atoms with Crippen LogP contribution < -0.4 is 0 Å². The zero-order chi connectivity index (χ0) is 16.8. The van der Waals surface area contributed by atoms with Crippen LogP contribution in [-0.4, -0.2) is 47.9 Å². The lowest BCUT2D eigenvalue weighted by Crippen LogP contribution is -2.27. The normalized spacial score (nSPS) is 11.3. The Morgan fingerprint density at radius 1 is 1.08 bits per heavy atom. The second-order valence-corrected chi connectivity index (χ2v) is 5.81. The van der Waals surface area contributed by atoms with Gasteiger partial charge in [0.05, 0.1) is 31.2 Å². The number of aliphatic hydroxyl groups excluding tert-OH is 1. The van der Waals surface area contributed by atoms with E-state index in [1.54, 1.807) is 10.9 Å². The summed E-state index contributed by atoms with van der Waals surface area (Å²) in [6.07, 6.45) is 5.69. The topological polar surface area (TPSA) is 72.0 Å². The molecule has 1 N–H and O–H groups in total. The molecule has 0 atom stereocenters. The maximum atomic E-state index is 9.31. The molecule has 2 heterocycles.